The molecule has 0 aliphatic rings. The quantitative estimate of drug-likeness (QED) is 0.389. The minimum absolute atomic E-state index is 0.172. The van der Waals surface area contributed by atoms with Gasteiger partial charge in [0.15, 0.2) is 6.10 Å². The van der Waals surface area contributed by atoms with Crippen LogP contribution in [0.3, 0.4) is 0 Å². The van der Waals surface area contributed by atoms with Gasteiger partial charge in [0.1, 0.15) is 5.76 Å². The lowest BCUT2D eigenvalue weighted by Crippen LogP contribution is -2.37. The predicted molar refractivity (Wildman–Crippen MR) is 94.6 cm³/mol. The van der Waals surface area contributed by atoms with Crippen LogP contribution in [0, 0.1) is 0 Å². The first-order chi connectivity index (χ1) is 11.7. The molecule has 0 saturated carbocycles. The number of esters is 1. The molecule has 0 saturated heterocycles. The van der Waals surface area contributed by atoms with Crippen molar-refractivity contribution in [3.63, 3.8) is 0 Å². The molecule has 0 spiro atoms. The number of aliphatic hydroxyl groups is 1. The van der Waals surface area contributed by atoms with Gasteiger partial charge >= 0.3 is 12.1 Å². The monoisotopic (exact) mass is 374 g/mol. The van der Waals surface area contributed by atoms with E-state index in [9.17, 15) is 23.1 Å². The summed E-state index contributed by atoms with van der Waals surface area (Å²) < 4.78 is 50.4. The maximum absolute atomic E-state index is 13.5. The molecule has 0 bridgehead atoms. The fraction of sp³-hybridized carbons (Fsp3) is 0.421. The predicted octanol–water partition coefficient (Wildman–Crippen LogP) is 4.96. The zero-order valence-corrected chi connectivity index (χ0v) is 15.6. The third-order valence-electron chi connectivity index (χ3n) is 3.03. The number of hydrogen-bond acceptors (Lipinski definition) is 4. The molecule has 0 rings (SSSR count). The highest BCUT2D eigenvalue weighted by atomic mass is 19.4. The maximum atomic E-state index is 13.5. The van der Waals surface area contributed by atoms with Crippen molar-refractivity contribution in [2.45, 2.75) is 45.6 Å². The zero-order chi connectivity index (χ0) is 20.7. The lowest BCUT2D eigenvalue weighted by molar-refractivity contribution is -0.159. The van der Waals surface area contributed by atoms with E-state index >= 15 is 0 Å². The Morgan fingerprint density at radius 1 is 1.15 bits per heavy atom. The summed E-state index contributed by atoms with van der Waals surface area (Å²) in [6.45, 7) is 13.0. The Labute approximate surface area is 152 Å². The van der Waals surface area contributed by atoms with Gasteiger partial charge in [-0.3, -0.25) is 0 Å². The van der Waals surface area contributed by atoms with E-state index in [1.165, 1.54) is 19.1 Å². The summed E-state index contributed by atoms with van der Waals surface area (Å²) in [7, 11) is 1.05. The average Bonchev–Trinajstić information content (AvgIpc) is 2.49. The Balaban J connectivity index is 6.06. The van der Waals surface area contributed by atoms with E-state index in [4.69, 9.17) is 4.74 Å². The van der Waals surface area contributed by atoms with E-state index in [0.717, 1.165) is 19.3 Å². The highest BCUT2D eigenvalue weighted by molar-refractivity contribution is 5.80. The first-order valence-corrected chi connectivity index (χ1v) is 7.67. The second kappa shape index (κ2) is 9.43. The van der Waals surface area contributed by atoms with Crippen LogP contribution in [0.2, 0.25) is 0 Å². The molecular weight excluding hydrogens is 349 g/mol. The van der Waals surface area contributed by atoms with Crippen LogP contribution in [0.1, 0.15) is 27.7 Å². The number of halogens is 3. The number of allylic oxidation sites excluding steroid dienone is 5. The zero-order valence-electron chi connectivity index (χ0n) is 15.6. The molecule has 7 heteroatoms. The van der Waals surface area contributed by atoms with Crippen molar-refractivity contribution < 1.29 is 32.5 Å². The largest absolute Gasteiger partial charge is 0.508 e. The number of carbonyl (C=O) groups is 1. The van der Waals surface area contributed by atoms with Gasteiger partial charge in [-0.15, -0.1) is 0 Å². The summed E-state index contributed by atoms with van der Waals surface area (Å²) in [6, 6.07) is 0. The summed E-state index contributed by atoms with van der Waals surface area (Å²) in [5.41, 5.74) is -2.49. The molecule has 0 aliphatic heterocycles. The van der Waals surface area contributed by atoms with Crippen LogP contribution in [-0.2, 0) is 14.3 Å². The lowest BCUT2D eigenvalue weighted by atomic mass is 9.99. The number of alkyl halides is 3. The Kier molecular flexibility index (Phi) is 8.60. The van der Waals surface area contributed by atoms with Crippen molar-refractivity contribution >= 4 is 5.97 Å². The molecule has 0 radical (unpaired) electrons. The summed E-state index contributed by atoms with van der Waals surface area (Å²) in [5.74, 6) is -1.23. The number of rotatable bonds is 7. The Morgan fingerprint density at radius 2 is 1.69 bits per heavy atom. The Bertz CT molecular complexity index is 632. The molecule has 4 nitrogen and oxygen atoms in total. The minimum atomic E-state index is -4.79. The molecule has 0 fully saturated rings. The molecule has 1 atom stereocenters. The van der Waals surface area contributed by atoms with Crippen molar-refractivity contribution in [3.8, 4) is 0 Å². The molecule has 0 aliphatic carbocycles. The van der Waals surface area contributed by atoms with Gasteiger partial charge in [-0.2, -0.15) is 13.2 Å². The summed E-state index contributed by atoms with van der Waals surface area (Å²) in [6.07, 6.45) is -2.09. The van der Waals surface area contributed by atoms with Gasteiger partial charge in [0.2, 0.25) is 0 Å². The second-order valence-corrected chi connectivity index (χ2v) is 6.37. The third kappa shape index (κ3) is 7.74. The van der Waals surface area contributed by atoms with Gasteiger partial charge in [0.25, 0.3) is 0 Å². The van der Waals surface area contributed by atoms with Crippen LogP contribution in [0.5, 0.6) is 0 Å². The van der Waals surface area contributed by atoms with Crippen LogP contribution in [-0.4, -0.2) is 36.1 Å². The third-order valence-corrected chi connectivity index (χ3v) is 3.03. The lowest BCUT2D eigenvalue weighted by Gasteiger charge is -2.28. The molecule has 0 aromatic heterocycles. The van der Waals surface area contributed by atoms with Crippen molar-refractivity contribution in [1.82, 2.24) is 0 Å². The van der Waals surface area contributed by atoms with Gasteiger partial charge in [-0.1, -0.05) is 25.3 Å². The van der Waals surface area contributed by atoms with Crippen molar-refractivity contribution in [2.75, 3.05) is 7.11 Å². The average molecular weight is 374 g/mol. The van der Waals surface area contributed by atoms with Gasteiger partial charge in [-0.05, 0) is 51.0 Å². The Hall–Kier alpha value is -2.28. The number of methoxy groups -OCH3 is 1. The molecular formula is C19H25F3O4. The number of hydrogen-bond donors (Lipinski definition) is 1. The first kappa shape index (κ1) is 23.7. The van der Waals surface area contributed by atoms with Crippen LogP contribution < -0.4 is 0 Å². The summed E-state index contributed by atoms with van der Waals surface area (Å²) >= 11 is 0. The number of carbonyl (C=O) groups excluding carboxylic acids is 1. The fourth-order valence-corrected chi connectivity index (χ4v) is 1.78. The van der Waals surface area contributed by atoms with Gasteiger partial charge < -0.3 is 14.6 Å². The van der Waals surface area contributed by atoms with E-state index < -0.39 is 35.0 Å². The standard InChI is InChI=1S/C19H25F3O4/c1-8-9-15(23)12(2)10-11-14(19(20,21)22)13(3)16(17(24)25-7)26-18(4,5)6/h8-11,16,23H,1,3H2,2,4-7H3/b12-10-,14-11+,15-9+. The van der Waals surface area contributed by atoms with Gasteiger partial charge in [0.05, 0.1) is 18.3 Å². The van der Waals surface area contributed by atoms with E-state index in [-0.39, 0.29) is 11.3 Å². The van der Waals surface area contributed by atoms with E-state index in [1.807, 2.05) is 0 Å². The van der Waals surface area contributed by atoms with Crippen molar-refractivity contribution in [2.24, 2.45) is 0 Å². The highest BCUT2D eigenvalue weighted by Crippen LogP contribution is 2.34. The smallest absolute Gasteiger partial charge is 0.416 e. The van der Waals surface area contributed by atoms with Crippen LogP contribution in [0.4, 0.5) is 13.2 Å². The van der Waals surface area contributed by atoms with Crippen molar-refractivity contribution in [1.29, 1.82) is 0 Å². The molecule has 146 valence electrons. The minimum Gasteiger partial charge on any atom is -0.508 e. The fourth-order valence-electron chi connectivity index (χ4n) is 1.78. The first-order valence-electron chi connectivity index (χ1n) is 7.67. The van der Waals surface area contributed by atoms with Crippen LogP contribution in [0.25, 0.3) is 0 Å². The van der Waals surface area contributed by atoms with E-state index in [2.05, 4.69) is 17.9 Å². The Morgan fingerprint density at radius 3 is 2.08 bits per heavy atom. The molecule has 0 aromatic rings. The topological polar surface area (TPSA) is 55.8 Å². The number of ether oxygens (including phenoxy) is 2. The van der Waals surface area contributed by atoms with E-state index in [0.29, 0.717) is 0 Å². The molecule has 1 unspecified atom stereocenters. The second-order valence-electron chi connectivity index (χ2n) is 6.37. The molecule has 0 aromatic carbocycles. The maximum Gasteiger partial charge on any atom is 0.416 e. The molecule has 0 heterocycles. The molecule has 0 amide bonds. The number of aliphatic hydroxyl groups excluding tert-OH is 1. The van der Waals surface area contributed by atoms with E-state index in [1.54, 1.807) is 20.8 Å². The summed E-state index contributed by atoms with van der Waals surface area (Å²) in [5, 5.41) is 9.65. The van der Waals surface area contributed by atoms with Crippen LogP contribution in [0.15, 0.2) is 59.9 Å². The normalized spacial score (nSPS) is 15.5. The summed E-state index contributed by atoms with van der Waals surface area (Å²) in [4.78, 5) is 11.9. The molecule has 1 N–H and O–H groups in total. The van der Waals surface area contributed by atoms with Crippen molar-refractivity contribution in [3.05, 3.63) is 59.9 Å². The van der Waals surface area contributed by atoms with Gasteiger partial charge in [-0.25, -0.2) is 4.79 Å². The highest BCUT2D eigenvalue weighted by Gasteiger charge is 2.41. The van der Waals surface area contributed by atoms with Gasteiger partial charge in [0, 0.05) is 0 Å². The van der Waals surface area contributed by atoms with Crippen LogP contribution >= 0.6 is 0 Å². The molecule has 26 heavy (non-hydrogen) atoms. The SMILES string of the molecule is C=C\C=C(O)/C(C)=C\C=C(/C(=C)C(OC(C)(C)C)C(=O)OC)C(F)(F)F.